The Morgan fingerprint density at radius 2 is 2.00 bits per heavy atom. The second-order valence-corrected chi connectivity index (χ2v) is 4.58. The van der Waals surface area contributed by atoms with Gasteiger partial charge in [0.25, 0.3) is 5.56 Å². The summed E-state index contributed by atoms with van der Waals surface area (Å²) in [5.74, 6) is 0. The van der Waals surface area contributed by atoms with Crippen molar-refractivity contribution >= 4 is 0 Å². The Kier molecular flexibility index (Phi) is 7.91. The minimum atomic E-state index is -0.238. The maximum absolute atomic E-state index is 12.1. The quantitative estimate of drug-likeness (QED) is 0.633. The molecule has 1 rings (SSSR count). The predicted molar refractivity (Wildman–Crippen MR) is 79.2 cm³/mol. The van der Waals surface area contributed by atoms with Gasteiger partial charge in [0.15, 0.2) is 0 Å². The molecule has 0 fully saturated rings. The third-order valence-electron chi connectivity index (χ3n) is 2.96. The molecule has 6 nitrogen and oxygen atoms in total. The lowest BCUT2D eigenvalue weighted by Crippen LogP contribution is -2.41. The molecular formula is C14H25N3O3. The zero-order valence-electron chi connectivity index (χ0n) is 12.4. The zero-order valence-corrected chi connectivity index (χ0v) is 12.4. The van der Waals surface area contributed by atoms with E-state index in [0.717, 1.165) is 32.6 Å². The van der Waals surface area contributed by atoms with Crippen molar-refractivity contribution in [2.75, 3.05) is 26.3 Å². The summed E-state index contributed by atoms with van der Waals surface area (Å²) in [7, 11) is 0. The average molecular weight is 283 g/mol. The Balaban J connectivity index is 2.45. The van der Waals surface area contributed by atoms with Crippen LogP contribution in [0.15, 0.2) is 21.9 Å². The van der Waals surface area contributed by atoms with Crippen LogP contribution >= 0.6 is 0 Å². The lowest BCUT2D eigenvalue weighted by atomic mass is 10.4. The van der Waals surface area contributed by atoms with Crippen molar-refractivity contribution in [3.63, 3.8) is 0 Å². The molecule has 0 saturated carbocycles. The first-order valence-electron chi connectivity index (χ1n) is 7.29. The minimum absolute atomic E-state index is 0.226. The van der Waals surface area contributed by atoms with E-state index >= 15 is 0 Å². The van der Waals surface area contributed by atoms with Crippen LogP contribution in [0, 0.1) is 0 Å². The van der Waals surface area contributed by atoms with Crippen LogP contribution in [0.5, 0.6) is 0 Å². The van der Waals surface area contributed by atoms with Crippen molar-refractivity contribution in [2.24, 2.45) is 0 Å². The van der Waals surface area contributed by atoms with Gasteiger partial charge in [-0.25, -0.2) is 4.79 Å². The standard InChI is InChI=1S/C14H25N3O3/c1-3-9-16-10-6-13(18)17(14(16)19)11-8-15-7-5-12-20-4-2/h6,10,15H,3-5,7-9,11-12H2,1-2H3. The minimum Gasteiger partial charge on any atom is -0.382 e. The van der Waals surface area contributed by atoms with E-state index in [2.05, 4.69) is 5.32 Å². The second kappa shape index (κ2) is 9.50. The molecule has 1 aromatic rings. The van der Waals surface area contributed by atoms with Gasteiger partial charge >= 0.3 is 5.69 Å². The topological polar surface area (TPSA) is 65.3 Å². The van der Waals surface area contributed by atoms with Crippen LogP contribution in [0.4, 0.5) is 0 Å². The van der Waals surface area contributed by atoms with Crippen LogP contribution in [0.3, 0.4) is 0 Å². The average Bonchev–Trinajstić information content (AvgIpc) is 2.44. The molecule has 0 bridgehead atoms. The van der Waals surface area contributed by atoms with Gasteiger partial charge in [-0.3, -0.25) is 9.36 Å². The van der Waals surface area contributed by atoms with Crippen molar-refractivity contribution < 1.29 is 4.74 Å². The molecular weight excluding hydrogens is 258 g/mol. The van der Waals surface area contributed by atoms with Gasteiger partial charge in [-0.05, 0) is 26.3 Å². The van der Waals surface area contributed by atoms with Crippen molar-refractivity contribution in [1.29, 1.82) is 0 Å². The molecule has 1 heterocycles. The largest absolute Gasteiger partial charge is 0.382 e. The highest BCUT2D eigenvalue weighted by atomic mass is 16.5. The fourth-order valence-corrected chi connectivity index (χ4v) is 1.93. The van der Waals surface area contributed by atoms with Crippen LogP contribution in [0.25, 0.3) is 0 Å². The molecule has 0 aliphatic heterocycles. The Labute approximate surface area is 119 Å². The molecule has 0 atom stereocenters. The van der Waals surface area contributed by atoms with Crippen LogP contribution in [-0.4, -0.2) is 35.4 Å². The molecule has 0 spiro atoms. The van der Waals surface area contributed by atoms with Gasteiger partial charge < -0.3 is 14.6 Å². The first-order valence-corrected chi connectivity index (χ1v) is 7.29. The number of hydrogen-bond donors (Lipinski definition) is 1. The third-order valence-corrected chi connectivity index (χ3v) is 2.96. The summed E-state index contributed by atoms with van der Waals surface area (Å²) in [4.78, 5) is 23.8. The fraction of sp³-hybridized carbons (Fsp3) is 0.714. The first-order chi connectivity index (χ1) is 9.70. The zero-order chi connectivity index (χ0) is 14.8. The summed E-state index contributed by atoms with van der Waals surface area (Å²) >= 11 is 0. The Hall–Kier alpha value is -1.40. The molecule has 0 aliphatic carbocycles. The number of ether oxygens (including phenoxy) is 1. The van der Waals surface area contributed by atoms with Crippen LogP contribution in [0.2, 0.25) is 0 Å². The van der Waals surface area contributed by atoms with Gasteiger partial charge in [0.2, 0.25) is 0 Å². The lowest BCUT2D eigenvalue weighted by Gasteiger charge is -2.09. The van der Waals surface area contributed by atoms with Crippen molar-refractivity contribution in [3.05, 3.63) is 33.1 Å². The van der Waals surface area contributed by atoms with Crippen molar-refractivity contribution in [2.45, 2.75) is 39.8 Å². The summed E-state index contributed by atoms with van der Waals surface area (Å²) in [5, 5.41) is 3.21. The Morgan fingerprint density at radius 3 is 2.70 bits per heavy atom. The maximum atomic E-state index is 12.1. The van der Waals surface area contributed by atoms with E-state index in [4.69, 9.17) is 4.74 Å². The molecule has 0 aromatic carbocycles. The Morgan fingerprint density at radius 1 is 1.20 bits per heavy atom. The highest BCUT2D eigenvalue weighted by Crippen LogP contribution is 1.84. The van der Waals surface area contributed by atoms with E-state index in [-0.39, 0.29) is 11.2 Å². The van der Waals surface area contributed by atoms with E-state index < -0.39 is 0 Å². The Bertz CT molecular complexity index is 493. The summed E-state index contributed by atoms with van der Waals surface area (Å²) < 4.78 is 8.09. The van der Waals surface area contributed by atoms with Crippen LogP contribution < -0.4 is 16.6 Å². The number of aromatic nitrogens is 2. The predicted octanol–water partition coefficient (Wildman–Crippen LogP) is 0.436. The number of aryl methyl sites for hydroxylation is 1. The SMILES string of the molecule is CCCn1ccc(=O)n(CCNCCCOCC)c1=O. The molecule has 20 heavy (non-hydrogen) atoms. The molecule has 114 valence electrons. The van der Waals surface area contributed by atoms with E-state index in [1.165, 1.54) is 10.6 Å². The van der Waals surface area contributed by atoms with E-state index in [9.17, 15) is 9.59 Å². The molecule has 0 saturated heterocycles. The molecule has 6 heteroatoms. The van der Waals surface area contributed by atoms with Gasteiger partial charge in [0.1, 0.15) is 0 Å². The number of nitrogens with zero attached hydrogens (tertiary/aromatic N) is 2. The van der Waals surface area contributed by atoms with Gasteiger partial charge in [-0.2, -0.15) is 0 Å². The number of hydrogen-bond acceptors (Lipinski definition) is 4. The highest BCUT2D eigenvalue weighted by molar-refractivity contribution is 4.86. The van der Waals surface area contributed by atoms with E-state index in [0.29, 0.717) is 19.6 Å². The van der Waals surface area contributed by atoms with Gasteiger partial charge in [0.05, 0.1) is 0 Å². The number of nitrogens with one attached hydrogen (secondary N) is 1. The highest BCUT2D eigenvalue weighted by Gasteiger charge is 2.03. The molecule has 0 amide bonds. The van der Waals surface area contributed by atoms with Gasteiger partial charge in [0, 0.05) is 45.1 Å². The van der Waals surface area contributed by atoms with Crippen LogP contribution in [-0.2, 0) is 17.8 Å². The second-order valence-electron chi connectivity index (χ2n) is 4.58. The fourth-order valence-electron chi connectivity index (χ4n) is 1.93. The maximum Gasteiger partial charge on any atom is 0.331 e. The van der Waals surface area contributed by atoms with Gasteiger partial charge in [-0.15, -0.1) is 0 Å². The normalized spacial score (nSPS) is 10.9. The molecule has 1 N–H and O–H groups in total. The molecule has 0 unspecified atom stereocenters. The summed E-state index contributed by atoms with van der Waals surface area (Å²) in [6, 6.07) is 1.45. The third kappa shape index (κ3) is 5.30. The summed E-state index contributed by atoms with van der Waals surface area (Å²) in [6.45, 7) is 7.91. The molecule has 1 aromatic heterocycles. The molecule has 0 radical (unpaired) electrons. The lowest BCUT2D eigenvalue weighted by molar-refractivity contribution is 0.144. The smallest absolute Gasteiger partial charge is 0.331 e. The van der Waals surface area contributed by atoms with Crippen LogP contribution in [0.1, 0.15) is 26.7 Å². The monoisotopic (exact) mass is 283 g/mol. The summed E-state index contributed by atoms with van der Waals surface area (Å²) in [6.07, 6.45) is 3.37. The van der Waals surface area contributed by atoms with Gasteiger partial charge in [-0.1, -0.05) is 6.92 Å². The first kappa shape index (κ1) is 16.7. The van der Waals surface area contributed by atoms with E-state index in [1.54, 1.807) is 10.8 Å². The van der Waals surface area contributed by atoms with Crippen molar-refractivity contribution in [1.82, 2.24) is 14.5 Å². The molecule has 0 aliphatic rings. The summed E-state index contributed by atoms with van der Waals surface area (Å²) in [5.41, 5.74) is -0.464. The van der Waals surface area contributed by atoms with Crippen molar-refractivity contribution in [3.8, 4) is 0 Å². The number of rotatable bonds is 10. The van der Waals surface area contributed by atoms with E-state index in [1.807, 2.05) is 13.8 Å².